The van der Waals surface area contributed by atoms with Crippen molar-refractivity contribution in [3.8, 4) is 0 Å². The Bertz CT molecular complexity index is 1330. The Morgan fingerprint density at radius 3 is 1.65 bits per heavy atom. The van der Waals surface area contributed by atoms with Crippen molar-refractivity contribution in [1.29, 1.82) is 0 Å². The largest absolute Gasteiger partial charge is 0.437 e. The van der Waals surface area contributed by atoms with E-state index < -0.39 is 36.0 Å². The molecule has 14 heteroatoms. The quantitative estimate of drug-likeness (QED) is 0.302. The zero-order chi connectivity index (χ0) is 27.6. The minimum absolute atomic E-state index is 0.132. The fourth-order valence-electron chi connectivity index (χ4n) is 4.89. The Balaban J connectivity index is 1.14. The van der Waals surface area contributed by atoms with Crippen LogP contribution in [0.3, 0.4) is 0 Å². The van der Waals surface area contributed by atoms with Gasteiger partial charge in [-0.05, 0) is 12.1 Å². The maximum atomic E-state index is 14.5. The number of ether oxygens (including phenoxy) is 2. The number of hydrogen-bond donors (Lipinski definition) is 4. The van der Waals surface area contributed by atoms with Gasteiger partial charge in [0.15, 0.2) is 12.5 Å². The van der Waals surface area contributed by atoms with E-state index in [1.54, 1.807) is 22.2 Å². The molecule has 2 aromatic carbocycles. The molecular formula is C26H26F2N8O4. The summed E-state index contributed by atoms with van der Waals surface area (Å²) < 4.78 is 40.1. The molecule has 2 aromatic rings. The van der Waals surface area contributed by atoms with E-state index in [9.17, 15) is 18.4 Å². The molecular weight excluding hydrogens is 526 g/mol. The maximum absolute atomic E-state index is 14.5. The zero-order valence-corrected chi connectivity index (χ0v) is 21.2. The molecule has 208 valence electrons. The molecule has 4 N–H and O–H groups in total. The number of esters is 2. The third kappa shape index (κ3) is 5.18. The standard InChI is InChI=1S/C26H26F2N8O4/c27-19-5-1-3-15-17(19)13-35(33-25-29-9-10-30-25)23(15)39-21(37)7-8-22(38)40-24-16-4-2-6-20(28)18(16)14-36(24)34-26-31-11-12-32-26/h1-8,23-24H,9-14H2,(H2,29,30,33)(H2,31,32,34)/b8-7-. The van der Waals surface area contributed by atoms with Crippen LogP contribution in [0.4, 0.5) is 8.78 Å². The molecule has 0 bridgehead atoms. The lowest BCUT2D eigenvalue weighted by Crippen LogP contribution is -2.46. The van der Waals surface area contributed by atoms with Crippen LogP contribution in [0.2, 0.25) is 0 Å². The van der Waals surface area contributed by atoms with Gasteiger partial charge >= 0.3 is 11.9 Å². The molecule has 12 nitrogen and oxygen atoms in total. The van der Waals surface area contributed by atoms with Gasteiger partial charge in [-0.3, -0.25) is 20.8 Å². The van der Waals surface area contributed by atoms with E-state index in [4.69, 9.17) is 9.47 Å². The van der Waals surface area contributed by atoms with Crippen molar-refractivity contribution in [2.75, 3.05) is 26.2 Å². The summed E-state index contributed by atoms with van der Waals surface area (Å²) in [6.07, 6.45) is -0.0586. The van der Waals surface area contributed by atoms with Crippen LogP contribution < -0.4 is 21.5 Å². The number of rotatable bonds is 6. The highest BCUT2D eigenvalue weighted by molar-refractivity contribution is 5.92. The molecule has 0 fully saturated rings. The minimum Gasteiger partial charge on any atom is -0.437 e. The molecule has 0 aromatic heterocycles. The van der Waals surface area contributed by atoms with Gasteiger partial charge in [-0.1, -0.05) is 24.3 Å². The van der Waals surface area contributed by atoms with Gasteiger partial charge in [0, 0.05) is 47.5 Å². The van der Waals surface area contributed by atoms with Crippen LogP contribution in [-0.4, -0.2) is 60.1 Å². The number of guanidine groups is 2. The molecule has 0 aliphatic carbocycles. The van der Waals surface area contributed by atoms with Gasteiger partial charge in [0.1, 0.15) is 11.6 Å². The van der Waals surface area contributed by atoms with E-state index >= 15 is 0 Å². The summed E-state index contributed by atoms with van der Waals surface area (Å²) in [4.78, 5) is 34.0. The average Bonchev–Trinajstić information content (AvgIpc) is 3.74. The van der Waals surface area contributed by atoms with Crippen molar-refractivity contribution < 1.29 is 27.8 Å². The molecule has 0 saturated carbocycles. The second-order valence-electron chi connectivity index (χ2n) is 9.32. The van der Waals surface area contributed by atoms with Crippen LogP contribution in [0.15, 0.2) is 58.5 Å². The lowest BCUT2D eigenvalue weighted by molar-refractivity contribution is -0.158. The smallest absolute Gasteiger partial charge is 0.332 e. The summed E-state index contributed by atoms with van der Waals surface area (Å²) in [6, 6.07) is 9.08. The normalized spacial score (nSPS) is 21.8. The van der Waals surface area contributed by atoms with Crippen molar-refractivity contribution in [2.45, 2.75) is 25.5 Å². The highest BCUT2D eigenvalue weighted by atomic mass is 19.1. The highest BCUT2D eigenvalue weighted by Crippen LogP contribution is 2.36. The van der Waals surface area contributed by atoms with Crippen molar-refractivity contribution in [3.05, 3.63) is 82.4 Å². The summed E-state index contributed by atoms with van der Waals surface area (Å²) in [5, 5.41) is 9.20. The highest BCUT2D eigenvalue weighted by Gasteiger charge is 2.37. The Hall–Kier alpha value is -4.56. The van der Waals surface area contributed by atoms with E-state index in [1.165, 1.54) is 24.3 Å². The van der Waals surface area contributed by atoms with Crippen molar-refractivity contribution >= 4 is 23.9 Å². The molecule has 2 unspecified atom stereocenters. The first-order valence-corrected chi connectivity index (χ1v) is 12.7. The number of aliphatic imine (C=N–C) groups is 2. The number of carbonyl (C=O) groups excluding carboxylic acids is 2. The van der Waals surface area contributed by atoms with Gasteiger partial charge in [0.25, 0.3) is 0 Å². The number of fused-ring (bicyclic) bond motifs is 2. The first-order valence-electron chi connectivity index (χ1n) is 12.7. The number of halogens is 2. The molecule has 0 radical (unpaired) electrons. The molecule has 2 atom stereocenters. The zero-order valence-electron chi connectivity index (χ0n) is 21.2. The summed E-state index contributed by atoms with van der Waals surface area (Å²) in [5.41, 5.74) is 7.77. The van der Waals surface area contributed by atoms with Crippen LogP contribution in [0.5, 0.6) is 0 Å². The second-order valence-corrected chi connectivity index (χ2v) is 9.32. The number of nitrogens with one attached hydrogen (secondary N) is 4. The Morgan fingerprint density at radius 2 is 1.25 bits per heavy atom. The number of hydrazine groups is 2. The fraction of sp³-hybridized carbons (Fsp3) is 0.308. The average molecular weight is 553 g/mol. The monoisotopic (exact) mass is 552 g/mol. The predicted molar refractivity (Wildman–Crippen MR) is 138 cm³/mol. The van der Waals surface area contributed by atoms with E-state index in [0.29, 0.717) is 60.4 Å². The molecule has 40 heavy (non-hydrogen) atoms. The molecule has 0 spiro atoms. The van der Waals surface area contributed by atoms with Crippen LogP contribution in [-0.2, 0) is 32.2 Å². The fourth-order valence-corrected chi connectivity index (χ4v) is 4.89. The first-order chi connectivity index (χ1) is 19.5. The topological polar surface area (TPSA) is 132 Å². The van der Waals surface area contributed by atoms with Gasteiger partial charge in [-0.2, -0.15) is 10.0 Å². The minimum atomic E-state index is -0.965. The molecule has 6 rings (SSSR count). The lowest BCUT2D eigenvalue weighted by atomic mass is 10.1. The number of hydrogen-bond acceptors (Lipinski definition) is 12. The van der Waals surface area contributed by atoms with Crippen LogP contribution in [0, 0.1) is 11.6 Å². The van der Waals surface area contributed by atoms with Crippen LogP contribution in [0.25, 0.3) is 0 Å². The lowest BCUT2D eigenvalue weighted by Gasteiger charge is -2.26. The van der Waals surface area contributed by atoms with Crippen molar-refractivity contribution in [3.63, 3.8) is 0 Å². The SMILES string of the molecule is O=C(/C=C\C(=O)OC1c2cccc(F)c2CN1NC1=NCCN1)OC1c2cccc(F)c2CN1NC1=NCCN1. The molecule has 4 heterocycles. The Labute approximate surface area is 227 Å². The van der Waals surface area contributed by atoms with E-state index in [-0.39, 0.29) is 13.1 Å². The second kappa shape index (κ2) is 10.9. The third-order valence-corrected chi connectivity index (χ3v) is 6.72. The number of carbonyl (C=O) groups is 2. The summed E-state index contributed by atoms with van der Waals surface area (Å²) in [7, 11) is 0. The van der Waals surface area contributed by atoms with Gasteiger partial charge in [0.2, 0.25) is 11.9 Å². The van der Waals surface area contributed by atoms with Gasteiger partial charge in [-0.15, -0.1) is 0 Å². The predicted octanol–water partition coefficient (Wildman–Crippen LogP) is 0.864. The van der Waals surface area contributed by atoms with Gasteiger partial charge in [0.05, 0.1) is 26.2 Å². The first kappa shape index (κ1) is 25.7. The summed E-state index contributed by atoms with van der Waals surface area (Å²) in [5.74, 6) is -1.56. The molecule has 4 aliphatic rings. The van der Waals surface area contributed by atoms with Crippen LogP contribution >= 0.6 is 0 Å². The third-order valence-electron chi connectivity index (χ3n) is 6.72. The number of benzene rings is 2. The summed E-state index contributed by atoms with van der Waals surface area (Å²) >= 11 is 0. The van der Waals surface area contributed by atoms with Crippen molar-refractivity contribution in [1.82, 2.24) is 31.5 Å². The van der Waals surface area contributed by atoms with E-state index in [0.717, 1.165) is 12.2 Å². The molecule has 0 amide bonds. The molecule has 0 saturated heterocycles. The Kier molecular flexibility index (Phi) is 7.00. The van der Waals surface area contributed by atoms with Gasteiger partial charge < -0.3 is 20.1 Å². The Morgan fingerprint density at radius 1 is 0.800 bits per heavy atom. The van der Waals surface area contributed by atoms with E-state index in [2.05, 4.69) is 31.5 Å². The summed E-state index contributed by atoms with van der Waals surface area (Å²) in [6.45, 7) is 2.75. The van der Waals surface area contributed by atoms with Gasteiger partial charge in [-0.25, -0.2) is 18.4 Å². The van der Waals surface area contributed by atoms with E-state index in [1.807, 2.05) is 0 Å². The molecule has 4 aliphatic heterocycles. The van der Waals surface area contributed by atoms with Crippen molar-refractivity contribution in [2.24, 2.45) is 9.98 Å². The number of nitrogens with zero attached hydrogens (tertiary/aromatic N) is 4. The maximum Gasteiger partial charge on any atom is 0.332 e. The van der Waals surface area contributed by atoms with Crippen LogP contribution in [0.1, 0.15) is 34.7 Å².